The summed E-state index contributed by atoms with van der Waals surface area (Å²) >= 11 is 16.9. The van der Waals surface area contributed by atoms with Crippen molar-refractivity contribution in [2.24, 2.45) is 0 Å². The quantitative estimate of drug-likeness (QED) is 0.520. The summed E-state index contributed by atoms with van der Waals surface area (Å²) in [6, 6.07) is 1.52. The Morgan fingerprint density at radius 1 is 1.00 bits per heavy atom. The minimum Gasteiger partial charge on any atom is -0.216 e. The van der Waals surface area contributed by atoms with E-state index in [9.17, 15) is 0 Å². The van der Waals surface area contributed by atoms with Crippen molar-refractivity contribution in [2.45, 2.75) is 0 Å². The van der Waals surface area contributed by atoms with Gasteiger partial charge in [0.25, 0.3) is 0 Å². The lowest BCUT2D eigenvalue weighted by atomic mass is 10.4. The standard InChI is InChI=1S/C6HCl3N4/c7-3-1-2-4(13-12-3)5(8)11-6(9)10-2/h1H. The third-order valence-corrected chi connectivity index (χ3v) is 1.96. The van der Waals surface area contributed by atoms with Crippen LogP contribution in [0.1, 0.15) is 0 Å². The third kappa shape index (κ3) is 1.65. The Kier molecular flexibility index (Phi) is 2.19. The molecule has 2 aromatic heterocycles. The zero-order valence-electron chi connectivity index (χ0n) is 6.00. The molecule has 0 aromatic carbocycles. The topological polar surface area (TPSA) is 51.6 Å². The predicted molar refractivity (Wildman–Crippen MR) is 50.2 cm³/mol. The van der Waals surface area contributed by atoms with E-state index in [-0.39, 0.29) is 15.6 Å². The van der Waals surface area contributed by atoms with Gasteiger partial charge in [-0.25, -0.2) is 9.97 Å². The fourth-order valence-corrected chi connectivity index (χ4v) is 1.42. The molecule has 0 aliphatic rings. The van der Waals surface area contributed by atoms with Crippen molar-refractivity contribution >= 4 is 45.8 Å². The maximum atomic E-state index is 5.73. The number of rotatable bonds is 0. The molecule has 13 heavy (non-hydrogen) atoms. The van der Waals surface area contributed by atoms with Gasteiger partial charge in [-0.05, 0) is 11.6 Å². The molecule has 7 heteroatoms. The maximum absolute atomic E-state index is 5.73. The first-order valence-electron chi connectivity index (χ1n) is 3.19. The van der Waals surface area contributed by atoms with Gasteiger partial charge in [-0.3, -0.25) is 0 Å². The molecular weight excluding hydrogens is 234 g/mol. The first kappa shape index (κ1) is 8.87. The molecule has 66 valence electrons. The second-order valence-corrected chi connectivity index (χ2v) is 3.27. The van der Waals surface area contributed by atoms with Crippen LogP contribution >= 0.6 is 34.8 Å². The fraction of sp³-hybridized carbons (Fsp3) is 0. The molecule has 0 radical (unpaired) electrons. The fourth-order valence-electron chi connectivity index (χ4n) is 0.850. The predicted octanol–water partition coefficient (Wildman–Crippen LogP) is 2.38. The van der Waals surface area contributed by atoms with Gasteiger partial charge in [0.1, 0.15) is 11.0 Å². The first-order chi connectivity index (χ1) is 6.16. The number of fused-ring (bicyclic) bond motifs is 1. The minimum atomic E-state index is 0.0570. The number of halogens is 3. The molecule has 2 rings (SSSR count). The van der Waals surface area contributed by atoms with E-state index in [4.69, 9.17) is 34.8 Å². The van der Waals surface area contributed by atoms with Crippen molar-refractivity contribution in [3.63, 3.8) is 0 Å². The molecule has 0 fully saturated rings. The summed E-state index contributed by atoms with van der Waals surface area (Å²) in [5.41, 5.74) is 0.862. The molecule has 4 nitrogen and oxygen atoms in total. The third-order valence-electron chi connectivity index (χ3n) is 1.34. The van der Waals surface area contributed by atoms with E-state index in [0.29, 0.717) is 11.0 Å². The van der Waals surface area contributed by atoms with Crippen molar-refractivity contribution in [2.75, 3.05) is 0 Å². The molecule has 0 saturated heterocycles. The van der Waals surface area contributed by atoms with Crippen LogP contribution in [0.25, 0.3) is 11.0 Å². The van der Waals surface area contributed by atoms with Crippen LogP contribution in [-0.2, 0) is 0 Å². The van der Waals surface area contributed by atoms with Gasteiger partial charge in [-0.2, -0.15) is 0 Å². The van der Waals surface area contributed by atoms with Crippen molar-refractivity contribution in [1.29, 1.82) is 0 Å². The smallest absolute Gasteiger partial charge is 0.216 e. The van der Waals surface area contributed by atoms with Crippen molar-refractivity contribution in [3.8, 4) is 0 Å². The maximum Gasteiger partial charge on any atom is 0.224 e. The van der Waals surface area contributed by atoms with E-state index in [1.165, 1.54) is 6.07 Å². The van der Waals surface area contributed by atoms with Crippen LogP contribution in [0.2, 0.25) is 15.6 Å². The molecule has 0 aliphatic heterocycles. The zero-order valence-corrected chi connectivity index (χ0v) is 8.27. The Balaban J connectivity index is 2.86. The molecule has 0 aliphatic carbocycles. The Hall–Kier alpha value is -0.710. The summed E-state index contributed by atoms with van der Waals surface area (Å²) in [6.07, 6.45) is 0. The molecule has 0 bridgehead atoms. The van der Waals surface area contributed by atoms with E-state index in [1.807, 2.05) is 0 Å². The molecule has 2 heterocycles. The average molecular weight is 235 g/mol. The number of nitrogens with zero attached hydrogens (tertiary/aromatic N) is 4. The summed E-state index contributed by atoms with van der Waals surface area (Å²) < 4.78 is 0. The van der Waals surface area contributed by atoms with Crippen LogP contribution in [-0.4, -0.2) is 20.2 Å². The molecular formula is C6HCl3N4. The normalized spacial score (nSPS) is 10.7. The van der Waals surface area contributed by atoms with Gasteiger partial charge in [0, 0.05) is 6.07 Å². The number of hydrogen-bond acceptors (Lipinski definition) is 4. The molecule has 0 spiro atoms. The molecule has 0 amide bonds. The van der Waals surface area contributed by atoms with Gasteiger partial charge < -0.3 is 0 Å². The monoisotopic (exact) mass is 234 g/mol. The van der Waals surface area contributed by atoms with Crippen molar-refractivity contribution in [1.82, 2.24) is 20.2 Å². The summed E-state index contributed by atoms with van der Waals surface area (Å²) in [6.45, 7) is 0. The summed E-state index contributed by atoms with van der Waals surface area (Å²) in [4.78, 5) is 7.59. The first-order valence-corrected chi connectivity index (χ1v) is 4.32. The number of aromatic nitrogens is 4. The largest absolute Gasteiger partial charge is 0.224 e. The van der Waals surface area contributed by atoms with E-state index >= 15 is 0 Å². The molecule has 0 saturated carbocycles. The highest BCUT2D eigenvalue weighted by Crippen LogP contribution is 2.20. The van der Waals surface area contributed by atoms with Gasteiger partial charge in [0.2, 0.25) is 5.28 Å². The second kappa shape index (κ2) is 3.21. The zero-order chi connectivity index (χ0) is 9.42. The SMILES string of the molecule is Clc1cc2nc(Cl)nc(Cl)c2nn1. The highest BCUT2D eigenvalue weighted by atomic mass is 35.5. The van der Waals surface area contributed by atoms with E-state index < -0.39 is 0 Å². The second-order valence-electron chi connectivity index (χ2n) is 2.18. The van der Waals surface area contributed by atoms with Crippen LogP contribution in [0, 0.1) is 0 Å². The summed E-state index contributed by atoms with van der Waals surface area (Å²) in [5, 5.41) is 7.79. The Morgan fingerprint density at radius 3 is 2.54 bits per heavy atom. The highest BCUT2D eigenvalue weighted by molar-refractivity contribution is 6.35. The van der Waals surface area contributed by atoms with E-state index in [1.54, 1.807) is 0 Å². The lowest BCUT2D eigenvalue weighted by Crippen LogP contribution is -1.91. The highest BCUT2D eigenvalue weighted by Gasteiger charge is 2.06. The number of hydrogen-bond donors (Lipinski definition) is 0. The van der Waals surface area contributed by atoms with Gasteiger partial charge in [0.15, 0.2) is 10.3 Å². The lowest BCUT2D eigenvalue weighted by Gasteiger charge is -1.97. The molecule has 2 aromatic rings. The molecule has 0 N–H and O–H groups in total. The van der Waals surface area contributed by atoms with Gasteiger partial charge in [-0.15, -0.1) is 10.2 Å². The van der Waals surface area contributed by atoms with E-state index in [0.717, 1.165) is 0 Å². The summed E-state index contributed by atoms with van der Waals surface area (Å²) in [7, 11) is 0. The molecule has 0 atom stereocenters. The Labute approximate surface area is 87.9 Å². The minimum absolute atomic E-state index is 0.0570. The van der Waals surface area contributed by atoms with Gasteiger partial charge in [-0.1, -0.05) is 23.2 Å². The van der Waals surface area contributed by atoms with Crippen LogP contribution in [0.15, 0.2) is 6.07 Å². The summed E-state index contributed by atoms with van der Waals surface area (Å²) in [5.74, 6) is 0. The Bertz CT molecular complexity index is 467. The van der Waals surface area contributed by atoms with Crippen LogP contribution in [0.3, 0.4) is 0 Å². The van der Waals surface area contributed by atoms with Crippen molar-refractivity contribution < 1.29 is 0 Å². The van der Waals surface area contributed by atoms with Crippen molar-refractivity contribution in [3.05, 3.63) is 21.7 Å². The van der Waals surface area contributed by atoms with Crippen LogP contribution in [0.5, 0.6) is 0 Å². The van der Waals surface area contributed by atoms with Gasteiger partial charge >= 0.3 is 0 Å². The Morgan fingerprint density at radius 2 is 1.77 bits per heavy atom. The lowest BCUT2D eigenvalue weighted by molar-refractivity contribution is 1.05. The molecule has 0 unspecified atom stereocenters. The average Bonchev–Trinajstić information content (AvgIpc) is 2.02. The van der Waals surface area contributed by atoms with Crippen LogP contribution in [0.4, 0.5) is 0 Å². The van der Waals surface area contributed by atoms with Crippen LogP contribution < -0.4 is 0 Å². The van der Waals surface area contributed by atoms with Gasteiger partial charge in [0.05, 0.1) is 0 Å². The van der Waals surface area contributed by atoms with E-state index in [2.05, 4.69) is 20.2 Å².